The molecule has 2 aromatic carbocycles. The van der Waals surface area contributed by atoms with Gasteiger partial charge in [-0.25, -0.2) is 0 Å². The first kappa shape index (κ1) is 19.1. The van der Waals surface area contributed by atoms with E-state index in [2.05, 4.69) is 27.3 Å². The molecule has 1 heterocycles. The van der Waals surface area contributed by atoms with Crippen molar-refractivity contribution in [3.8, 4) is 11.8 Å². The maximum Gasteiger partial charge on any atom is 0.276 e. The zero-order chi connectivity index (χ0) is 19.4. The number of carbonyl (C=O) groups excluding carboxylic acids is 1. The number of thiocarbonyl (C=S) groups is 1. The number of rotatable bonds is 5. The number of halogens is 1. The molecule has 1 aliphatic rings. The predicted molar refractivity (Wildman–Crippen MR) is 111 cm³/mol. The lowest BCUT2D eigenvalue weighted by molar-refractivity contribution is -0.122. The minimum atomic E-state index is -0.164. The molecule has 0 unspecified atom stereocenters. The van der Waals surface area contributed by atoms with Gasteiger partial charge in [-0.2, -0.15) is 5.26 Å². The van der Waals surface area contributed by atoms with Gasteiger partial charge in [-0.15, -0.1) is 0 Å². The molecule has 0 saturated carbocycles. The first-order valence-electron chi connectivity index (χ1n) is 8.28. The van der Waals surface area contributed by atoms with Gasteiger partial charge in [-0.3, -0.25) is 9.69 Å². The van der Waals surface area contributed by atoms with Crippen molar-refractivity contribution in [2.45, 2.75) is 13.5 Å². The second-order valence-electron chi connectivity index (χ2n) is 5.78. The van der Waals surface area contributed by atoms with Gasteiger partial charge in [0, 0.05) is 22.1 Å². The average Bonchev–Trinajstić information content (AvgIpc) is 2.94. The van der Waals surface area contributed by atoms with Gasteiger partial charge in [-0.05, 0) is 49.5 Å². The van der Waals surface area contributed by atoms with E-state index in [4.69, 9.17) is 17.0 Å². The van der Waals surface area contributed by atoms with Crippen molar-refractivity contribution in [3.05, 3.63) is 69.3 Å². The standard InChI is InChI=1S/C20H16BrN3O2S/c1-2-24-19(25)17(23-20(24)27)10-15-9-16(21)7-8-18(15)26-12-14-6-4-3-5-13(14)11-22/h3-10H,2,12H2,1H3,(H,23,27). The number of amides is 1. The molecule has 0 bridgehead atoms. The van der Waals surface area contributed by atoms with Crippen LogP contribution in [0.2, 0.25) is 0 Å². The second kappa shape index (κ2) is 8.33. The molecule has 2 aromatic rings. The number of nitriles is 1. The normalized spacial score (nSPS) is 15.0. The molecular formula is C20H16BrN3O2S. The lowest BCUT2D eigenvalue weighted by atomic mass is 10.1. The predicted octanol–water partition coefficient (Wildman–Crippen LogP) is 3.98. The molecule has 1 aliphatic heterocycles. The van der Waals surface area contributed by atoms with E-state index in [1.54, 1.807) is 12.1 Å². The number of nitrogens with one attached hydrogen (secondary N) is 1. The number of benzene rings is 2. The number of ether oxygens (including phenoxy) is 1. The minimum absolute atomic E-state index is 0.164. The van der Waals surface area contributed by atoms with Crippen molar-refractivity contribution >= 4 is 45.2 Å². The molecule has 0 atom stereocenters. The Morgan fingerprint density at radius 3 is 2.81 bits per heavy atom. The Balaban J connectivity index is 1.88. The van der Waals surface area contributed by atoms with Crippen molar-refractivity contribution in [2.24, 2.45) is 0 Å². The van der Waals surface area contributed by atoms with Crippen LogP contribution in [0.25, 0.3) is 6.08 Å². The minimum Gasteiger partial charge on any atom is -0.488 e. The number of hydrogen-bond acceptors (Lipinski definition) is 4. The molecule has 1 saturated heterocycles. The highest BCUT2D eigenvalue weighted by Crippen LogP contribution is 2.27. The Labute approximate surface area is 171 Å². The van der Waals surface area contributed by atoms with Crippen LogP contribution in [0.1, 0.15) is 23.6 Å². The van der Waals surface area contributed by atoms with E-state index < -0.39 is 0 Å². The molecule has 0 spiro atoms. The summed E-state index contributed by atoms with van der Waals surface area (Å²) in [4.78, 5) is 13.9. The average molecular weight is 442 g/mol. The Hall–Kier alpha value is -2.69. The highest BCUT2D eigenvalue weighted by Gasteiger charge is 2.29. The highest BCUT2D eigenvalue weighted by atomic mass is 79.9. The molecule has 1 N–H and O–H groups in total. The Morgan fingerprint density at radius 1 is 1.33 bits per heavy atom. The quantitative estimate of drug-likeness (QED) is 0.561. The topological polar surface area (TPSA) is 65.4 Å². The lowest BCUT2D eigenvalue weighted by Crippen LogP contribution is -2.30. The largest absolute Gasteiger partial charge is 0.488 e. The van der Waals surface area contributed by atoms with Crippen LogP contribution in [0.15, 0.2) is 52.6 Å². The second-order valence-corrected chi connectivity index (χ2v) is 7.08. The first-order chi connectivity index (χ1) is 13.0. The molecular weight excluding hydrogens is 426 g/mol. The Morgan fingerprint density at radius 2 is 2.11 bits per heavy atom. The first-order valence-corrected chi connectivity index (χ1v) is 9.48. The summed E-state index contributed by atoms with van der Waals surface area (Å²) >= 11 is 8.64. The van der Waals surface area contributed by atoms with Gasteiger partial charge in [0.1, 0.15) is 18.1 Å². The lowest BCUT2D eigenvalue weighted by Gasteiger charge is -2.11. The number of nitrogens with zero attached hydrogens (tertiary/aromatic N) is 2. The van der Waals surface area contributed by atoms with E-state index in [-0.39, 0.29) is 12.5 Å². The van der Waals surface area contributed by atoms with Crippen molar-refractivity contribution in [1.29, 1.82) is 5.26 Å². The van der Waals surface area contributed by atoms with Gasteiger partial charge < -0.3 is 10.1 Å². The third-order valence-electron chi connectivity index (χ3n) is 4.07. The van der Waals surface area contributed by atoms with Gasteiger partial charge >= 0.3 is 0 Å². The summed E-state index contributed by atoms with van der Waals surface area (Å²) in [7, 11) is 0. The maximum absolute atomic E-state index is 12.4. The summed E-state index contributed by atoms with van der Waals surface area (Å²) in [6.45, 7) is 2.63. The molecule has 1 amide bonds. The number of carbonyl (C=O) groups is 1. The van der Waals surface area contributed by atoms with E-state index >= 15 is 0 Å². The summed E-state index contributed by atoms with van der Waals surface area (Å²) in [5, 5.41) is 12.6. The number of hydrogen-bond donors (Lipinski definition) is 1. The van der Waals surface area contributed by atoms with Crippen molar-refractivity contribution < 1.29 is 9.53 Å². The van der Waals surface area contributed by atoms with Crippen LogP contribution in [0, 0.1) is 11.3 Å². The Bertz CT molecular complexity index is 981. The van der Waals surface area contributed by atoms with E-state index in [0.29, 0.717) is 28.7 Å². The van der Waals surface area contributed by atoms with Crippen LogP contribution in [0.5, 0.6) is 5.75 Å². The summed E-state index contributed by atoms with van der Waals surface area (Å²) in [5.41, 5.74) is 2.51. The van der Waals surface area contributed by atoms with E-state index in [0.717, 1.165) is 15.6 Å². The maximum atomic E-state index is 12.4. The third-order valence-corrected chi connectivity index (χ3v) is 4.89. The van der Waals surface area contributed by atoms with Crippen molar-refractivity contribution in [2.75, 3.05) is 6.54 Å². The fraction of sp³-hybridized carbons (Fsp3) is 0.150. The van der Waals surface area contributed by atoms with Crippen LogP contribution >= 0.6 is 28.1 Å². The summed E-state index contributed by atoms with van der Waals surface area (Å²) in [6, 6.07) is 15.0. The Kier molecular flexibility index (Phi) is 5.89. The zero-order valence-electron chi connectivity index (χ0n) is 14.5. The highest BCUT2D eigenvalue weighted by molar-refractivity contribution is 9.10. The van der Waals surface area contributed by atoms with E-state index in [1.807, 2.05) is 43.3 Å². The number of likely N-dealkylation sites (N-methyl/N-ethyl adjacent to an activating group) is 1. The molecule has 0 aromatic heterocycles. The van der Waals surface area contributed by atoms with Crippen LogP contribution < -0.4 is 10.1 Å². The molecule has 7 heteroatoms. The smallest absolute Gasteiger partial charge is 0.276 e. The fourth-order valence-electron chi connectivity index (χ4n) is 2.69. The van der Waals surface area contributed by atoms with Gasteiger partial charge in [0.15, 0.2) is 5.11 Å². The molecule has 1 fully saturated rings. The van der Waals surface area contributed by atoms with Crippen LogP contribution in [0.3, 0.4) is 0 Å². The van der Waals surface area contributed by atoms with Gasteiger partial charge in [0.2, 0.25) is 0 Å². The third kappa shape index (κ3) is 4.18. The molecule has 27 heavy (non-hydrogen) atoms. The van der Waals surface area contributed by atoms with E-state index in [1.165, 1.54) is 4.90 Å². The molecule has 5 nitrogen and oxygen atoms in total. The van der Waals surface area contributed by atoms with Crippen LogP contribution in [0.4, 0.5) is 0 Å². The monoisotopic (exact) mass is 441 g/mol. The van der Waals surface area contributed by atoms with Gasteiger partial charge in [0.25, 0.3) is 5.91 Å². The molecule has 3 rings (SSSR count). The molecule has 0 radical (unpaired) electrons. The summed E-state index contributed by atoms with van der Waals surface area (Å²) < 4.78 is 6.80. The summed E-state index contributed by atoms with van der Waals surface area (Å²) in [5.74, 6) is 0.442. The van der Waals surface area contributed by atoms with Crippen molar-refractivity contribution in [1.82, 2.24) is 10.2 Å². The van der Waals surface area contributed by atoms with Crippen LogP contribution in [-0.2, 0) is 11.4 Å². The van der Waals surface area contributed by atoms with Crippen molar-refractivity contribution in [3.63, 3.8) is 0 Å². The molecule has 0 aliphatic carbocycles. The van der Waals surface area contributed by atoms with Gasteiger partial charge in [-0.1, -0.05) is 34.1 Å². The molecule has 136 valence electrons. The van der Waals surface area contributed by atoms with Gasteiger partial charge in [0.05, 0.1) is 11.6 Å². The fourth-order valence-corrected chi connectivity index (χ4v) is 3.39. The summed E-state index contributed by atoms with van der Waals surface area (Å²) in [6.07, 6.45) is 1.72. The SMILES string of the molecule is CCN1C(=O)C(=Cc2cc(Br)ccc2OCc2ccccc2C#N)NC1=S. The zero-order valence-corrected chi connectivity index (χ0v) is 16.9. The van der Waals surface area contributed by atoms with E-state index in [9.17, 15) is 10.1 Å². The van der Waals surface area contributed by atoms with Crippen LogP contribution in [-0.4, -0.2) is 22.5 Å².